The summed E-state index contributed by atoms with van der Waals surface area (Å²) < 4.78 is 6.26. The van der Waals surface area contributed by atoms with Crippen molar-refractivity contribution in [1.82, 2.24) is 15.4 Å². The van der Waals surface area contributed by atoms with E-state index in [4.69, 9.17) is 4.52 Å². The molecule has 0 aliphatic carbocycles. The van der Waals surface area contributed by atoms with E-state index < -0.39 is 0 Å². The molecule has 3 heterocycles. The van der Waals surface area contributed by atoms with E-state index in [0.717, 1.165) is 47.0 Å². The Balaban J connectivity index is 1.42. The van der Waals surface area contributed by atoms with Crippen LogP contribution in [0.5, 0.6) is 0 Å². The summed E-state index contributed by atoms with van der Waals surface area (Å²) in [6.45, 7) is 4.22. The minimum atomic E-state index is -0.364. The van der Waals surface area contributed by atoms with Crippen LogP contribution < -0.4 is 10.2 Å². The first-order chi connectivity index (χ1) is 13.1. The summed E-state index contributed by atoms with van der Waals surface area (Å²) in [5.41, 5.74) is 1.05. The van der Waals surface area contributed by atoms with Crippen molar-refractivity contribution in [1.29, 1.82) is 0 Å². The number of rotatable bonds is 4. The number of piperidine rings is 1. The van der Waals surface area contributed by atoms with Crippen molar-refractivity contribution in [3.63, 3.8) is 0 Å². The predicted molar refractivity (Wildman–Crippen MR) is 108 cm³/mol. The summed E-state index contributed by atoms with van der Waals surface area (Å²) in [5.74, 6) is 0.922. The Morgan fingerprint density at radius 3 is 2.74 bits per heavy atom. The van der Waals surface area contributed by atoms with Gasteiger partial charge in [0, 0.05) is 29.2 Å². The van der Waals surface area contributed by atoms with Gasteiger partial charge in [-0.3, -0.25) is 10.1 Å². The summed E-state index contributed by atoms with van der Waals surface area (Å²) in [6, 6.07) is 9.21. The van der Waals surface area contributed by atoms with Crippen molar-refractivity contribution in [3.8, 4) is 11.3 Å². The van der Waals surface area contributed by atoms with E-state index in [2.05, 4.69) is 48.4 Å². The van der Waals surface area contributed by atoms with Crippen molar-refractivity contribution >= 4 is 43.4 Å². The molecular formula is C18H18BrN5O2S. The summed E-state index contributed by atoms with van der Waals surface area (Å²) in [6.07, 6.45) is 2.30. The van der Waals surface area contributed by atoms with Crippen LogP contribution in [0.2, 0.25) is 0 Å². The van der Waals surface area contributed by atoms with E-state index in [1.54, 1.807) is 6.07 Å². The fourth-order valence-electron chi connectivity index (χ4n) is 2.89. The highest BCUT2D eigenvalue weighted by Crippen LogP contribution is 2.28. The summed E-state index contributed by atoms with van der Waals surface area (Å²) in [7, 11) is 0. The van der Waals surface area contributed by atoms with Gasteiger partial charge in [-0.2, -0.15) is 0 Å². The van der Waals surface area contributed by atoms with Gasteiger partial charge in [0.25, 0.3) is 5.91 Å². The smallest absolute Gasteiger partial charge is 0.279 e. The minimum absolute atomic E-state index is 0.205. The number of nitrogens with zero attached hydrogens (tertiary/aromatic N) is 4. The van der Waals surface area contributed by atoms with Gasteiger partial charge in [0.05, 0.1) is 0 Å². The van der Waals surface area contributed by atoms with Crippen molar-refractivity contribution in [2.24, 2.45) is 5.92 Å². The molecule has 1 N–H and O–H groups in total. The maximum absolute atomic E-state index is 12.4. The predicted octanol–water partition coefficient (Wildman–Crippen LogP) is 4.44. The van der Waals surface area contributed by atoms with Crippen LogP contribution in [0.3, 0.4) is 0 Å². The van der Waals surface area contributed by atoms with Crippen LogP contribution in [-0.4, -0.2) is 34.4 Å². The first kappa shape index (κ1) is 18.1. The molecule has 0 spiro atoms. The average Bonchev–Trinajstić information content (AvgIpc) is 3.33. The lowest BCUT2D eigenvalue weighted by Gasteiger charge is -2.29. The van der Waals surface area contributed by atoms with Crippen molar-refractivity contribution < 1.29 is 9.32 Å². The zero-order chi connectivity index (χ0) is 18.8. The van der Waals surface area contributed by atoms with E-state index in [0.29, 0.717) is 10.9 Å². The molecule has 1 saturated heterocycles. The molecule has 1 amide bonds. The molecule has 4 rings (SSSR count). The molecule has 27 heavy (non-hydrogen) atoms. The average molecular weight is 448 g/mol. The molecule has 1 fully saturated rings. The van der Waals surface area contributed by atoms with E-state index in [-0.39, 0.29) is 11.6 Å². The second-order valence-electron chi connectivity index (χ2n) is 6.60. The number of hydrogen-bond donors (Lipinski definition) is 1. The maximum atomic E-state index is 12.4. The molecule has 1 aliphatic heterocycles. The van der Waals surface area contributed by atoms with Gasteiger partial charge in [-0.15, -0.1) is 10.2 Å². The van der Waals surface area contributed by atoms with Gasteiger partial charge in [0.1, 0.15) is 0 Å². The van der Waals surface area contributed by atoms with Crippen LogP contribution >= 0.6 is 27.3 Å². The van der Waals surface area contributed by atoms with Gasteiger partial charge in [-0.25, -0.2) is 0 Å². The van der Waals surface area contributed by atoms with Gasteiger partial charge in [-0.1, -0.05) is 51.5 Å². The van der Waals surface area contributed by atoms with Gasteiger partial charge in [0.2, 0.25) is 10.3 Å². The number of aromatic nitrogens is 3. The van der Waals surface area contributed by atoms with Gasteiger partial charge in [0.15, 0.2) is 11.5 Å². The normalized spacial score (nSPS) is 15.1. The lowest BCUT2D eigenvalue weighted by molar-refractivity contribution is 0.101. The van der Waals surface area contributed by atoms with Crippen LogP contribution in [0.25, 0.3) is 11.3 Å². The fourth-order valence-corrected chi connectivity index (χ4v) is 3.94. The molecule has 9 heteroatoms. The molecule has 1 aromatic carbocycles. The van der Waals surface area contributed by atoms with Gasteiger partial charge >= 0.3 is 0 Å². The van der Waals surface area contributed by atoms with Crippen LogP contribution in [0.4, 0.5) is 10.3 Å². The zero-order valence-electron chi connectivity index (χ0n) is 14.7. The molecule has 0 atom stereocenters. The number of carbonyl (C=O) groups excluding carboxylic acids is 1. The van der Waals surface area contributed by atoms with E-state index in [1.807, 2.05) is 24.3 Å². The fraction of sp³-hybridized carbons (Fsp3) is 0.333. The number of amides is 1. The highest BCUT2D eigenvalue weighted by Gasteiger charge is 2.21. The van der Waals surface area contributed by atoms with Gasteiger partial charge < -0.3 is 9.42 Å². The van der Waals surface area contributed by atoms with E-state index in [1.165, 1.54) is 11.3 Å². The third-order valence-electron chi connectivity index (χ3n) is 4.56. The zero-order valence-corrected chi connectivity index (χ0v) is 17.1. The molecule has 0 radical (unpaired) electrons. The Kier molecular flexibility index (Phi) is 5.22. The van der Waals surface area contributed by atoms with Crippen LogP contribution in [0.1, 0.15) is 30.3 Å². The standard InChI is InChI=1S/C18H18BrN5O2S/c1-11-6-8-24(9-7-11)18-22-21-17(27-18)20-16(25)14-10-15(26-23-14)12-2-4-13(19)5-3-12/h2-5,10-11H,6-9H2,1H3,(H,20,21,25). The Labute approximate surface area is 168 Å². The quantitative estimate of drug-likeness (QED) is 0.635. The first-order valence-electron chi connectivity index (χ1n) is 8.71. The molecule has 140 valence electrons. The Morgan fingerprint density at radius 2 is 2.00 bits per heavy atom. The summed E-state index contributed by atoms with van der Waals surface area (Å²) >= 11 is 4.77. The highest BCUT2D eigenvalue weighted by molar-refractivity contribution is 9.10. The molecule has 2 aromatic heterocycles. The van der Waals surface area contributed by atoms with Crippen molar-refractivity contribution in [2.75, 3.05) is 23.3 Å². The lowest BCUT2D eigenvalue weighted by atomic mass is 10.00. The second-order valence-corrected chi connectivity index (χ2v) is 8.47. The number of carbonyl (C=O) groups is 1. The molecule has 0 bridgehead atoms. The van der Waals surface area contributed by atoms with Gasteiger partial charge in [-0.05, 0) is 30.9 Å². The SMILES string of the molecule is CC1CCN(c2nnc(NC(=O)c3cc(-c4ccc(Br)cc4)on3)s2)CC1. The molecule has 0 unspecified atom stereocenters. The summed E-state index contributed by atoms with van der Waals surface area (Å²) in [4.78, 5) is 14.6. The molecular weight excluding hydrogens is 430 g/mol. The van der Waals surface area contributed by atoms with E-state index in [9.17, 15) is 4.79 Å². The largest absolute Gasteiger partial charge is 0.355 e. The number of anilines is 2. The first-order valence-corrected chi connectivity index (χ1v) is 10.3. The molecule has 1 aliphatic rings. The molecule has 7 nitrogen and oxygen atoms in total. The third kappa shape index (κ3) is 4.19. The Hall–Kier alpha value is -2.26. The maximum Gasteiger partial charge on any atom is 0.279 e. The lowest BCUT2D eigenvalue weighted by Crippen LogP contribution is -2.32. The van der Waals surface area contributed by atoms with E-state index >= 15 is 0 Å². The second kappa shape index (κ2) is 7.77. The van der Waals surface area contributed by atoms with Crippen molar-refractivity contribution in [3.05, 3.63) is 40.5 Å². The number of nitrogens with one attached hydrogen (secondary N) is 1. The highest BCUT2D eigenvalue weighted by atomic mass is 79.9. The van der Waals surface area contributed by atoms with Crippen molar-refractivity contribution in [2.45, 2.75) is 19.8 Å². The Morgan fingerprint density at radius 1 is 1.26 bits per heavy atom. The third-order valence-corrected chi connectivity index (χ3v) is 5.99. The monoisotopic (exact) mass is 447 g/mol. The molecule has 0 saturated carbocycles. The number of benzene rings is 1. The van der Waals surface area contributed by atoms with Crippen LogP contribution in [0, 0.1) is 5.92 Å². The van der Waals surface area contributed by atoms with Crippen LogP contribution in [-0.2, 0) is 0 Å². The number of hydrogen-bond acceptors (Lipinski definition) is 7. The topological polar surface area (TPSA) is 84.2 Å². The van der Waals surface area contributed by atoms with Crippen LogP contribution in [0.15, 0.2) is 39.3 Å². The molecule has 3 aromatic rings. The summed E-state index contributed by atoms with van der Waals surface area (Å²) in [5, 5.41) is 16.2. The number of halogens is 1. The Bertz CT molecular complexity index is 931. The minimum Gasteiger partial charge on any atom is -0.355 e.